The van der Waals surface area contributed by atoms with Crippen LogP contribution in [0.2, 0.25) is 0 Å². The molecule has 0 bridgehead atoms. The standard InChI is InChI=1S/C24H27N3O2S/c1-15-10-11-18-20(12-15)30-23-22(18)24(29)27(14-25-23)13-21(28)26(2)19-9-5-7-16-6-3-4-8-17(16)19/h3-4,6,8,14-15,19H,5,7,9-13H2,1-2H3/t15-,19-/m0/s1. The predicted octanol–water partition coefficient (Wildman–Crippen LogP) is 4.12. The molecule has 0 radical (unpaired) electrons. The first-order valence-corrected chi connectivity index (χ1v) is 11.7. The maximum atomic E-state index is 13.2. The fourth-order valence-electron chi connectivity index (χ4n) is 5.04. The minimum atomic E-state index is -0.0714. The van der Waals surface area contributed by atoms with Crippen LogP contribution in [0.15, 0.2) is 35.4 Å². The molecule has 2 aliphatic rings. The van der Waals surface area contributed by atoms with E-state index in [4.69, 9.17) is 0 Å². The van der Waals surface area contributed by atoms with Gasteiger partial charge in [-0.3, -0.25) is 14.2 Å². The summed E-state index contributed by atoms with van der Waals surface area (Å²) in [5, 5.41) is 0.739. The number of hydrogen-bond donors (Lipinski definition) is 0. The normalized spacial score (nSPS) is 20.6. The van der Waals surface area contributed by atoms with E-state index in [1.165, 1.54) is 26.1 Å². The summed E-state index contributed by atoms with van der Waals surface area (Å²) in [7, 11) is 1.86. The van der Waals surface area contributed by atoms with E-state index in [1.807, 2.05) is 18.0 Å². The van der Waals surface area contributed by atoms with Crippen LogP contribution in [0.1, 0.15) is 53.8 Å². The van der Waals surface area contributed by atoms with Crippen LogP contribution in [-0.4, -0.2) is 27.4 Å². The Balaban J connectivity index is 1.43. The fraction of sp³-hybridized carbons (Fsp3) is 0.458. The number of likely N-dealkylation sites (N-methyl/N-ethyl adjacent to an activating group) is 1. The van der Waals surface area contributed by atoms with E-state index >= 15 is 0 Å². The number of fused-ring (bicyclic) bond motifs is 4. The van der Waals surface area contributed by atoms with E-state index in [-0.39, 0.29) is 24.1 Å². The molecule has 156 valence electrons. The number of nitrogens with zero attached hydrogens (tertiary/aromatic N) is 3. The Hall–Kier alpha value is -2.47. The van der Waals surface area contributed by atoms with E-state index in [2.05, 4.69) is 30.1 Å². The van der Waals surface area contributed by atoms with Gasteiger partial charge in [-0.1, -0.05) is 31.2 Å². The molecule has 30 heavy (non-hydrogen) atoms. The molecule has 2 heterocycles. The fourth-order valence-corrected chi connectivity index (χ4v) is 6.38. The molecule has 2 atom stereocenters. The Morgan fingerprint density at radius 2 is 2.10 bits per heavy atom. The third-order valence-corrected chi connectivity index (χ3v) is 7.95. The maximum absolute atomic E-state index is 13.2. The van der Waals surface area contributed by atoms with Crippen molar-refractivity contribution in [2.24, 2.45) is 5.92 Å². The lowest BCUT2D eigenvalue weighted by Crippen LogP contribution is -2.37. The second kappa shape index (κ2) is 7.65. The third-order valence-electron chi connectivity index (χ3n) is 6.79. The number of carbonyl (C=O) groups is 1. The maximum Gasteiger partial charge on any atom is 0.262 e. The van der Waals surface area contributed by atoms with Gasteiger partial charge in [-0.25, -0.2) is 4.98 Å². The average Bonchev–Trinajstić information content (AvgIpc) is 3.13. The molecule has 2 aliphatic carbocycles. The molecule has 0 saturated heterocycles. The van der Waals surface area contributed by atoms with Crippen molar-refractivity contribution < 1.29 is 4.79 Å². The molecule has 0 saturated carbocycles. The first-order valence-electron chi connectivity index (χ1n) is 10.9. The summed E-state index contributed by atoms with van der Waals surface area (Å²) in [6.07, 6.45) is 7.72. The van der Waals surface area contributed by atoms with Crippen LogP contribution in [0.3, 0.4) is 0 Å². The molecule has 1 aromatic carbocycles. The third kappa shape index (κ3) is 3.27. The number of benzene rings is 1. The first-order chi connectivity index (χ1) is 14.5. The van der Waals surface area contributed by atoms with Gasteiger partial charge in [0.1, 0.15) is 11.4 Å². The van der Waals surface area contributed by atoms with E-state index in [9.17, 15) is 9.59 Å². The summed E-state index contributed by atoms with van der Waals surface area (Å²) >= 11 is 1.65. The van der Waals surface area contributed by atoms with Gasteiger partial charge < -0.3 is 4.90 Å². The van der Waals surface area contributed by atoms with E-state index in [0.29, 0.717) is 5.92 Å². The van der Waals surface area contributed by atoms with Gasteiger partial charge in [0, 0.05) is 11.9 Å². The number of aromatic nitrogens is 2. The number of thiophene rings is 1. The van der Waals surface area contributed by atoms with Crippen LogP contribution in [0.5, 0.6) is 0 Å². The molecule has 6 heteroatoms. The number of carbonyl (C=O) groups excluding carboxylic acids is 1. The van der Waals surface area contributed by atoms with Crippen molar-refractivity contribution in [3.8, 4) is 0 Å². The summed E-state index contributed by atoms with van der Waals surface area (Å²) in [5.74, 6) is 0.610. The average molecular weight is 422 g/mol. The summed E-state index contributed by atoms with van der Waals surface area (Å²) in [6.45, 7) is 2.30. The lowest BCUT2D eigenvalue weighted by Gasteiger charge is -2.33. The first kappa shape index (κ1) is 19.5. The molecular weight excluding hydrogens is 394 g/mol. The largest absolute Gasteiger partial charge is 0.337 e. The van der Waals surface area contributed by atoms with Gasteiger partial charge in [-0.05, 0) is 61.1 Å². The van der Waals surface area contributed by atoms with Gasteiger partial charge in [0.05, 0.1) is 17.8 Å². The van der Waals surface area contributed by atoms with Crippen molar-refractivity contribution in [2.75, 3.05) is 7.05 Å². The van der Waals surface area contributed by atoms with Crippen molar-refractivity contribution in [2.45, 2.75) is 58.0 Å². The van der Waals surface area contributed by atoms with Gasteiger partial charge in [0.15, 0.2) is 0 Å². The van der Waals surface area contributed by atoms with Crippen molar-refractivity contribution in [3.05, 3.63) is 62.5 Å². The second-order valence-electron chi connectivity index (χ2n) is 8.82. The quantitative estimate of drug-likeness (QED) is 0.639. The van der Waals surface area contributed by atoms with Crippen LogP contribution in [-0.2, 0) is 30.6 Å². The Bertz CT molecular complexity index is 1180. The van der Waals surface area contributed by atoms with E-state index in [0.717, 1.165) is 48.7 Å². The Labute approximate surface area is 180 Å². The highest BCUT2D eigenvalue weighted by molar-refractivity contribution is 7.18. The highest BCUT2D eigenvalue weighted by atomic mass is 32.1. The van der Waals surface area contributed by atoms with Crippen molar-refractivity contribution >= 4 is 27.5 Å². The zero-order valence-corrected chi connectivity index (χ0v) is 18.4. The lowest BCUT2D eigenvalue weighted by molar-refractivity contribution is -0.133. The van der Waals surface area contributed by atoms with Gasteiger partial charge >= 0.3 is 0 Å². The molecular formula is C24H27N3O2S. The van der Waals surface area contributed by atoms with Crippen molar-refractivity contribution in [3.63, 3.8) is 0 Å². The smallest absolute Gasteiger partial charge is 0.262 e. The number of hydrogen-bond acceptors (Lipinski definition) is 4. The van der Waals surface area contributed by atoms with E-state index in [1.54, 1.807) is 17.7 Å². The molecule has 0 aliphatic heterocycles. The van der Waals surface area contributed by atoms with Crippen LogP contribution in [0, 0.1) is 5.92 Å². The van der Waals surface area contributed by atoms with Crippen molar-refractivity contribution in [1.82, 2.24) is 14.5 Å². The summed E-state index contributed by atoms with van der Waals surface area (Å²) in [5.41, 5.74) is 3.66. The summed E-state index contributed by atoms with van der Waals surface area (Å²) in [4.78, 5) is 34.8. The highest BCUT2D eigenvalue weighted by Crippen LogP contribution is 2.36. The predicted molar refractivity (Wildman–Crippen MR) is 120 cm³/mol. The molecule has 0 N–H and O–H groups in total. The minimum absolute atomic E-state index is 0.0396. The molecule has 2 aromatic heterocycles. The van der Waals surface area contributed by atoms with Gasteiger partial charge in [-0.15, -0.1) is 11.3 Å². The summed E-state index contributed by atoms with van der Waals surface area (Å²) in [6, 6.07) is 8.46. The monoisotopic (exact) mass is 421 g/mol. The zero-order chi connectivity index (χ0) is 20.8. The topological polar surface area (TPSA) is 55.2 Å². The Morgan fingerprint density at radius 1 is 1.27 bits per heavy atom. The highest BCUT2D eigenvalue weighted by Gasteiger charge is 2.28. The van der Waals surface area contributed by atoms with E-state index < -0.39 is 0 Å². The lowest BCUT2D eigenvalue weighted by atomic mass is 9.87. The summed E-state index contributed by atoms with van der Waals surface area (Å²) < 4.78 is 1.50. The molecule has 3 aromatic rings. The molecule has 5 nitrogen and oxygen atoms in total. The number of amides is 1. The van der Waals surface area contributed by atoms with Crippen molar-refractivity contribution in [1.29, 1.82) is 0 Å². The Morgan fingerprint density at radius 3 is 2.97 bits per heavy atom. The molecule has 0 unspecified atom stereocenters. The molecule has 0 fully saturated rings. The van der Waals surface area contributed by atoms with Crippen LogP contribution < -0.4 is 5.56 Å². The molecule has 0 spiro atoms. The zero-order valence-electron chi connectivity index (χ0n) is 17.6. The second-order valence-corrected chi connectivity index (χ2v) is 9.90. The molecule has 5 rings (SSSR count). The Kier molecular flexibility index (Phi) is 4.97. The number of rotatable bonds is 3. The minimum Gasteiger partial charge on any atom is -0.337 e. The number of aryl methyl sites for hydroxylation is 2. The molecule has 1 amide bonds. The van der Waals surface area contributed by atoms with Gasteiger partial charge in [0.2, 0.25) is 5.91 Å². The van der Waals surface area contributed by atoms with Gasteiger partial charge in [-0.2, -0.15) is 0 Å². The van der Waals surface area contributed by atoms with Crippen LogP contribution >= 0.6 is 11.3 Å². The van der Waals surface area contributed by atoms with Crippen LogP contribution in [0.4, 0.5) is 0 Å². The van der Waals surface area contributed by atoms with Gasteiger partial charge in [0.25, 0.3) is 5.56 Å². The SMILES string of the molecule is C[C@H]1CCc2c(sc3ncn(CC(=O)N(C)[C@H]4CCCc5ccccc54)c(=O)c23)C1. The van der Waals surface area contributed by atoms with Crippen LogP contribution in [0.25, 0.3) is 10.2 Å².